The van der Waals surface area contributed by atoms with E-state index in [0.717, 1.165) is 0 Å². The summed E-state index contributed by atoms with van der Waals surface area (Å²) in [4.78, 5) is 15.5. The van der Waals surface area contributed by atoms with Crippen LogP contribution in [-0.2, 0) is 4.74 Å². The van der Waals surface area contributed by atoms with Gasteiger partial charge in [0.1, 0.15) is 0 Å². The average molecular weight is 205 g/mol. The van der Waals surface area contributed by atoms with E-state index in [1.165, 1.54) is 0 Å². The number of hydrogen-bond donors (Lipinski definition) is 1. The number of aromatic nitrogens is 2. The quantitative estimate of drug-likeness (QED) is 0.745. The Kier molecular flexibility index (Phi) is 2.29. The van der Waals surface area contributed by atoms with Crippen molar-refractivity contribution in [3.05, 3.63) is 30.1 Å². The van der Waals surface area contributed by atoms with Gasteiger partial charge >= 0.3 is 5.97 Å². The van der Waals surface area contributed by atoms with E-state index in [9.17, 15) is 4.79 Å². The summed E-state index contributed by atoms with van der Waals surface area (Å²) >= 11 is 0. The fraction of sp³-hybridized carbons (Fsp3) is 0.200. The lowest BCUT2D eigenvalue weighted by Crippen LogP contribution is -2.05. The molecular formula is C10H11N3O2. The maximum Gasteiger partial charge on any atom is 0.359 e. The van der Waals surface area contributed by atoms with E-state index in [1.54, 1.807) is 23.6 Å². The summed E-state index contributed by atoms with van der Waals surface area (Å²) in [7, 11) is 0. The number of rotatable bonds is 2. The van der Waals surface area contributed by atoms with Crippen molar-refractivity contribution in [2.24, 2.45) is 0 Å². The molecule has 0 radical (unpaired) electrons. The second-order valence-electron chi connectivity index (χ2n) is 2.99. The number of nitrogens with two attached hydrogens (primary N) is 1. The highest BCUT2D eigenvalue weighted by atomic mass is 16.5. The molecule has 5 nitrogen and oxygen atoms in total. The van der Waals surface area contributed by atoms with Crippen molar-refractivity contribution < 1.29 is 9.53 Å². The molecule has 0 amide bonds. The van der Waals surface area contributed by atoms with Crippen LogP contribution in [0.1, 0.15) is 17.4 Å². The Balaban J connectivity index is 2.57. The molecule has 5 heteroatoms. The molecule has 0 aliphatic carbocycles. The van der Waals surface area contributed by atoms with E-state index in [1.807, 2.05) is 12.1 Å². The number of anilines is 1. The van der Waals surface area contributed by atoms with E-state index in [0.29, 0.717) is 12.1 Å². The molecule has 2 aromatic rings. The number of nitrogen functional groups attached to an aromatic ring is 1. The van der Waals surface area contributed by atoms with Crippen LogP contribution in [0.3, 0.4) is 0 Å². The summed E-state index contributed by atoms with van der Waals surface area (Å²) in [6.07, 6.45) is 1.75. The maximum absolute atomic E-state index is 11.5. The predicted molar refractivity (Wildman–Crippen MR) is 55.6 cm³/mol. The first kappa shape index (κ1) is 9.51. The lowest BCUT2D eigenvalue weighted by atomic mass is 10.3. The lowest BCUT2D eigenvalue weighted by molar-refractivity contribution is 0.0522. The van der Waals surface area contributed by atoms with Crippen molar-refractivity contribution in [2.75, 3.05) is 12.3 Å². The molecule has 0 aliphatic rings. The van der Waals surface area contributed by atoms with E-state index >= 15 is 0 Å². The third-order valence-corrected chi connectivity index (χ3v) is 2.04. The maximum atomic E-state index is 11.5. The molecule has 78 valence electrons. The monoisotopic (exact) mass is 205 g/mol. The number of ether oxygens (including phenoxy) is 1. The normalized spacial score (nSPS) is 10.5. The predicted octanol–water partition coefficient (Wildman–Crippen LogP) is 1.09. The summed E-state index contributed by atoms with van der Waals surface area (Å²) in [5.74, 6) is -0.161. The summed E-state index contributed by atoms with van der Waals surface area (Å²) < 4.78 is 6.52. The minimum atomic E-state index is -0.446. The van der Waals surface area contributed by atoms with E-state index in [-0.39, 0.29) is 11.6 Å². The Labute approximate surface area is 86.5 Å². The molecule has 0 atom stereocenters. The highest BCUT2D eigenvalue weighted by Gasteiger charge is 2.16. The number of fused-ring (bicyclic) bond motifs is 1. The molecule has 0 unspecified atom stereocenters. The van der Waals surface area contributed by atoms with Gasteiger partial charge in [-0.1, -0.05) is 6.07 Å². The molecular weight excluding hydrogens is 194 g/mol. The van der Waals surface area contributed by atoms with Gasteiger partial charge in [0.15, 0.2) is 5.69 Å². The van der Waals surface area contributed by atoms with Gasteiger partial charge < -0.3 is 10.5 Å². The number of imidazole rings is 1. The molecule has 0 saturated heterocycles. The third kappa shape index (κ3) is 1.52. The van der Waals surface area contributed by atoms with Crippen LogP contribution in [0.25, 0.3) is 5.52 Å². The first-order chi connectivity index (χ1) is 7.24. The van der Waals surface area contributed by atoms with Gasteiger partial charge in [-0.2, -0.15) is 0 Å². The fourth-order valence-electron chi connectivity index (χ4n) is 1.41. The van der Waals surface area contributed by atoms with Crippen LogP contribution in [-0.4, -0.2) is 22.0 Å². The van der Waals surface area contributed by atoms with Crippen molar-refractivity contribution in [3.63, 3.8) is 0 Å². The third-order valence-electron chi connectivity index (χ3n) is 2.04. The van der Waals surface area contributed by atoms with Gasteiger partial charge in [-0.3, -0.25) is 4.40 Å². The van der Waals surface area contributed by atoms with Crippen molar-refractivity contribution in [2.45, 2.75) is 6.92 Å². The number of pyridine rings is 1. The molecule has 0 saturated carbocycles. The van der Waals surface area contributed by atoms with Gasteiger partial charge in [0.25, 0.3) is 0 Å². The first-order valence-corrected chi connectivity index (χ1v) is 4.63. The van der Waals surface area contributed by atoms with Crippen LogP contribution < -0.4 is 5.73 Å². The second-order valence-corrected chi connectivity index (χ2v) is 2.99. The topological polar surface area (TPSA) is 69.6 Å². The van der Waals surface area contributed by atoms with Gasteiger partial charge in [0.05, 0.1) is 12.1 Å². The molecule has 15 heavy (non-hydrogen) atoms. The van der Waals surface area contributed by atoms with Crippen molar-refractivity contribution in [1.29, 1.82) is 0 Å². The molecule has 2 N–H and O–H groups in total. The van der Waals surface area contributed by atoms with Crippen LogP contribution in [0.2, 0.25) is 0 Å². The number of carbonyl (C=O) groups excluding carboxylic acids is 1. The zero-order valence-electron chi connectivity index (χ0n) is 8.30. The lowest BCUT2D eigenvalue weighted by Gasteiger charge is -1.98. The van der Waals surface area contributed by atoms with Crippen molar-refractivity contribution >= 4 is 17.4 Å². The van der Waals surface area contributed by atoms with Crippen molar-refractivity contribution in [3.8, 4) is 0 Å². The highest BCUT2D eigenvalue weighted by Crippen LogP contribution is 2.14. The fourth-order valence-corrected chi connectivity index (χ4v) is 1.41. The van der Waals surface area contributed by atoms with Gasteiger partial charge in [0.2, 0.25) is 5.95 Å². The van der Waals surface area contributed by atoms with Crippen molar-refractivity contribution in [1.82, 2.24) is 9.38 Å². The molecule has 2 rings (SSSR count). The number of nitrogens with zero attached hydrogens (tertiary/aromatic N) is 2. The van der Waals surface area contributed by atoms with Crippen LogP contribution in [0, 0.1) is 0 Å². The smallest absolute Gasteiger partial charge is 0.359 e. The molecule has 0 aliphatic heterocycles. The minimum absolute atomic E-state index is 0.259. The second kappa shape index (κ2) is 3.61. The van der Waals surface area contributed by atoms with E-state index in [2.05, 4.69) is 4.98 Å². The Morgan fingerprint density at radius 3 is 3.13 bits per heavy atom. The molecule has 0 spiro atoms. The Bertz CT molecular complexity index is 504. The van der Waals surface area contributed by atoms with Crippen LogP contribution in [0.4, 0.5) is 5.95 Å². The summed E-state index contributed by atoms with van der Waals surface area (Å²) in [5, 5.41) is 0. The SMILES string of the molecule is CCOC(=O)c1nc(N)n2ccccc12. The molecule has 0 aromatic carbocycles. The van der Waals surface area contributed by atoms with Crippen LogP contribution in [0.5, 0.6) is 0 Å². The number of carbonyl (C=O) groups is 1. The van der Waals surface area contributed by atoms with E-state index in [4.69, 9.17) is 10.5 Å². The van der Waals surface area contributed by atoms with Crippen LogP contribution in [0.15, 0.2) is 24.4 Å². The van der Waals surface area contributed by atoms with Gasteiger partial charge in [-0.15, -0.1) is 0 Å². The number of esters is 1. The Morgan fingerprint density at radius 1 is 1.60 bits per heavy atom. The Hall–Kier alpha value is -2.04. The molecule has 2 heterocycles. The molecule has 0 bridgehead atoms. The average Bonchev–Trinajstić information content (AvgIpc) is 2.58. The van der Waals surface area contributed by atoms with E-state index < -0.39 is 5.97 Å². The summed E-state index contributed by atoms with van der Waals surface area (Å²) in [6.45, 7) is 2.07. The van der Waals surface area contributed by atoms with Gasteiger partial charge in [-0.25, -0.2) is 9.78 Å². The largest absolute Gasteiger partial charge is 0.461 e. The van der Waals surface area contributed by atoms with Gasteiger partial charge in [0, 0.05) is 6.20 Å². The number of hydrogen-bond acceptors (Lipinski definition) is 4. The zero-order valence-corrected chi connectivity index (χ0v) is 8.30. The van der Waals surface area contributed by atoms with Gasteiger partial charge in [-0.05, 0) is 19.1 Å². The summed E-state index contributed by atoms with van der Waals surface area (Å²) in [6, 6.07) is 5.41. The zero-order chi connectivity index (χ0) is 10.8. The molecule has 2 aromatic heterocycles. The summed E-state index contributed by atoms with van der Waals surface area (Å²) in [5.41, 5.74) is 6.57. The standard InChI is InChI=1S/C10H11N3O2/c1-2-15-9(14)8-7-5-3-4-6-13(7)10(11)12-8/h3-6H,2H2,1H3,(H2,11,12). The first-order valence-electron chi connectivity index (χ1n) is 4.63. The molecule has 0 fully saturated rings. The Morgan fingerprint density at radius 2 is 2.40 bits per heavy atom. The minimum Gasteiger partial charge on any atom is -0.461 e. The highest BCUT2D eigenvalue weighted by molar-refractivity contribution is 5.95. The van der Waals surface area contributed by atoms with Crippen LogP contribution >= 0.6 is 0 Å².